The molecule has 1 saturated carbocycles. The van der Waals surface area contributed by atoms with Crippen LogP contribution in [-0.4, -0.2) is 57.6 Å². The Bertz CT molecular complexity index is 1280. The van der Waals surface area contributed by atoms with E-state index in [1.165, 1.54) is 12.3 Å². The van der Waals surface area contributed by atoms with Gasteiger partial charge in [0.1, 0.15) is 5.75 Å². The van der Waals surface area contributed by atoms with Crippen LogP contribution in [0, 0.1) is 17.3 Å². The van der Waals surface area contributed by atoms with Gasteiger partial charge in [-0.15, -0.1) is 0 Å². The zero-order chi connectivity index (χ0) is 28.8. The Morgan fingerprint density at radius 1 is 1.18 bits per heavy atom. The number of carbonyl (C=O) groups is 2. The van der Waals surface area contributed by atoms with Crippen molar-refractivity contribution in [2.45, 2.75) is 71.1 Å². The second kappa shape index (κ2) is 10.7. The van der Waals surface area contributed by atoms with E-state index < -0.39 is 23.1 Å². The van der Waals surface area contributed by atoms with Gasteiger partial charge in [-0.3, -0.25) is 9.78 Å². The number of carboxylic acids is 1. The number of halogens is 3. The molecule has 1 aromatic carbocycles. The molecule has 2 aromatic rings. The van der Waals surface area contributed by atoms with E-state index in [-0.39, 0.29) is 42.6 Å². The van der Waals surface area contributed by atoms with Gasteiger partial charge in [0.05, 0.1) is 23.1 Å². The number of rotatable bonds is 5. The topological polar surface area (TPSA) is 83.0 Å². The summed E-state index contributed by atoms with van der Waals surface area (Å²) in [6, 6.07) is 5.38. The number of ether oxygens (including phenoxy) is 1. The number of aromatic carboxylic acids is 1. The van der Waals surface area contributed by atoms with Crippen molar-refractivity contribution < 1.29 is 32.6 Å². The summed E-state index contributed by atoms with van der Waals surface area (Å²) in [4.78, 5) is 33.6. The Hall–Kier alpha value is -3.14. The average Bonchev–Trinajstić information content (AvgIpc) is 3.38. The van der Waals surface area contributed by atoms with Crippen LogP contribution in [0.2, 0.25) is 0 Å². The molecule has 1 amide bonds. The summed E-state index contributed by atoms with van der Waals surface area (Å²) < 4.78 is 45.6. The van der Waals surface area contributed by atoms with Crippen molar-refractivity contribution in [1.82, 2.24) is 14.8 Å². The molecule has 40 heavy (non-hydrogen) atoms. The highest BCUT2D eigenvalue weighted by molar-refractivity contribution is 5.87. The highest BCUT2D eigenvalue weighted by atomic mass is 19.4. The zero-order valence-electron chi connectivity index (χ0n) is 23.1. The van der Waals surface area contributed by atoms with E-state index >= 15 is 0 Å². The maximum absolute atomic E-state index is 14.0. The van der Waals surface area contributed by atoms with E-state index in [1.54, 1.807) is 17.2 Å². The minimum atomic E-state index is -4.46. The molecule has 4 atom stereocenters. The van der Waals surface area contributed by atoms with Crippen molar-refractivity contribution in [2.24, 2.45) is 17.3 Å². The summed E-state index contributed by atoms with van der Waals surface area (Å²) >= 11 is 0. The molecule has 3 aliphatic rings. The van der Waals surface area contributed by atoms with E-state index in [4.69, 9.17) is 4.74 Å². The fraction of sp³-hybridized carbons (Fsp3) is 0.567. The first kappa shape index (κ1) is 28.4. The molecule has 216 valence electrons. The lowest BCUT2D eigenvalue weighted by Crippen LogP contribution is -2.49. The molecule has 5 rings (SSSR count). The van der Waals surface area contributed by atoms with Gasteiger partial charge in [0.25, 0.3) is 0 Å². The molecule has 3 heterocycles. The fourth-order valence-electron chi connectivity index (χ4n) is 6.97. The molecule has 10 heteroatoms. The molecule has 1 aliphatic carbocycles. The van der Waals surface area contributed by atoms with Crippen molar-refractivity contribution in [3.63, 3.8) is 0 Å². The monoisotopic (exact) mass is 559 g/mol. The second-order valence-corrected chi connectivity index (χ2v) is 12.0. The van der Waals surface area contributed by atoms with Crippen molar-refractivity contribution in [3.8, 4) is 5.75 Å². The number of hydrogen-bond donors (Lipinski definition) is 1. The third kappa shape index (κ3) is 5.30. The predicted molar refractivity (Wildman–Crippen MR) is 142 cm³/mol. The number of pyridine rings is 1. The van der Waals surface area contributed by atoms with Crippen LogP contribution in [0.1, 0.15) is 79.4 Å². The lowest BCUT2D eigenvalue weighted by molar-refractivity contribution is -0.150. The number of likely N-dealkylation sites (tertiary alicyclic amines) is 1. The van der Waals surface area contributed by atoms with Crippen LogP contribution in [0.4, 0.5) is 13.2 Å². The quantitative estimate of drug-likeness (QED) is 0.499. The van der Waals surface area contributed by atoms with Crippen LogP contribution < -0.4 is 4.74 Å². The van der Waals surface area contributed by atoms with Crippen LogP contribution in [0.3, 0.4) is 0 Å². The van der Waals surface area contributed by atoms with Crippen molar-refractivity contribution in [1.29, 1.82) is 0 Å². The van der Waals surface area contributed by atoms with Crippen LogP contribution in [0.25, 0.3) is 0 Å². The lowest BCUT2D eigenvalue weighted by Gasteiger charge is -2.42. The number of benzene rings is 1. The molecule has 1 N–H and O–H groups in total. The first-order chi connectivity index (χ1) is 18.9. The Labute approximate surface area is 232 Å². The number of alkyl halides is 3. The highest BCUT2D eigenvalue weighted by Crippen LogP contribution is 2.49. The number of amides is 1. The number of carboxylic acid groups (broad SMARTS) is 1. The molecule has 2 fully saturated rings. The first-order valence-corrected chi connectivity index (χ1v) is 13.9. The third-order valence-corrected chi connectivity index (χ3v) is 9.35. The molecule has 0 bridgehead atoms. The Kier molecular flexibility index (Phi) is 7.58. The maximum atomic E-state index is 14.0. The molecule has 2 aliphatic heterocycles. The van der Waals surface area contributed by atoms with Gasteiger partial charge < -0.3 is 19.6 Å². The van der Waals surface area contributed by atoms with E-state index in [0.717, 1.165) is 50.0 Å². The number of piperidine rings is 1. The molecular weight excluding hydrogens is 523 g/mol. The van der Waals surface area contributed by atoms with Crippen LogP contribution >= 0.6 is 0 Å². The summed E-state index contributed by atoms with van der Waals surface area (Å²) in [6.07, 6.45) is 1.84. The largest absolute Gasteiger partial charge is 0.478 e. The summed E-state index contributed by atoms with van der Waals surface area (Å²) in [6.45, 7) is 8.11. The number of nitrogens with zero attached hydrogens (tertiary/aromatic N) is 3. The third-order valence-electron chi connectivity index (χ3n) is 9.35. The van der Waals surface area contributed by atoms with Crippen molar-refractivity contribution in [3.05, 3.63) is 58.9 Å². The maximum Gasteiger partial charge on any atom is 0.416 e. The fourth-order valence-corrected chi connectivity index (χ4v) is 6.97. The smallest absolute Gasteiger partial charge is 0.416 e. The van der Waals surface area contributed by atoms with Crippen LogP contribution in [0.5, 0.6) is 5.75 Å². The highest BCUT2D eigenvalue weighted by Gasteiger charge is 2.51. The van der Waals surface area contributed by atoms with Gasteiger partial charge in [0, 0.05) is 30.5 Å². The summed E-state index contributed by atoms with van der Waals surface area (Å²) in [5.74, 6) is -0.0723. The standard InChI is InChI=1S/C30H36F3N3O4/c1-18(2)29(28(39)36-16-22-11-23(30(31,32)33)4-5-26(22)40-17-36)8-6-24(12-29)35-9-7-25(19(3)15-35)20-10-21(27(37)38)14-34-13-20/h4-5,10-11,13-14,18-19,24-25H,6-9,12,15-17H2,1-3H3,(H,37,38)/t19?,24-,25?,29+/m1/s1. The van der Waals surface area contributed by atoms with Gasteiger partial charge in [0.2, 0.25) is 5.91 Å². The van der Waals surface area contributed by atoms with Crippen LogP contribution in [-0.2, 0) is 17.5 Å². The van der Waals surface area contributed by atoms with Gasteiger partial charge in [-0.05, 0) is 79.8 Å². The molecule has 1 saturated heterocycles. The van der Waals surface area contributed by atoms with E-state index in [2.05, 4.69) is 30.7 Å². The van der Waals surface area contributed by atoms with Crippen LogP contribution in [0.15, 0.2) is 36.7 Å². The van der Waals surface area contributed by atoms with Gasteiger partial charge in [-0.2, -0.15) is 13.2 Å². The number of fused-ring (bicyclic) bond motifs is 1. The Morgan fingerprint density at radius 2 is 1.95 bits per heavy atom. The number of hydrogen-bond acceptors (Lipinski definition) is 5. The van der Waals surface area contributed by atoms with E-state index in [9.17, 15) is 27.9 Å². The van der Waals surface area contributed by atoms with E-state index in [1.807, 2.05) is 0 Å². The first-order valence-electron chi connectivity index (χ1n) is 13.9. The Morgan fingerprint density at radius 3 is 2.62 bits per heavy atom. The minimum absolute atomic E-state index is 0.0300. The summed E-state index contributed by atoms with van der Waals surface area (Å²) in [5.41, 5.74) is 0.172. The molecule has 0 spiro atoms. The molecule has 7 nitrogen and oxygen atoms in total. The average molecular weight is 560 g/mol. The van der Waals surface area contributed by atoms with Gasteiger partial charge in [-0.25, -0.2) is 4.79 Å². The molecule has 2 unspecified atom stereocenters. The van der Waals surface area contributed by atoms with Gasteiger partial charge in [0.15, 0.2) is 6.73 Å². The number of aromatic nitrogens is 1. The predicted octanol–water partition coefficient (Wildman–Crippen LogP) is 5.80. The lowest BCUT2D eigenvalue weighted by atomic mass is 9.74. The number of carbonyl (C=O) groups excluding carboxylic acids is 1. The summed E-state index contributed by atoms with van der Waals surface area (Å²) in [5, 5.41) is 9.35. The Balaban J connectivity index is 1.28. The van der Waals surface area contributed by atoms with Gasteiger partial charge in [-0.1, -0.05) is 20.8 Å². The normalized spacial score (nSPS) is 27.4. The molecule has 1 aromatic heterocycles. The molecule has 0 radical (unpaired) electrons. The van der Waals surface area contributed by atoms with Crippen molar-refractivity contribution in [2.75, 3.05) is 19.8 Å². The summed E-state index contributed by atoms with van der Waals surface area (Å²) in [7, 11) is 0. The zero-order valence-corrected chi connectivity index (χ0v) is 23.1. The van der Waals surface area contributed by atoms with Crippen molar-refractivity contribution >= 4 is 11.9 Å². The second-order valence-electron chi connectivity index (χ2n) is 12.0. The molecular formula is C30H36F3N3O4. The van der Waals surface area contributed by atoms with Gasteiger partial charge >= 0.3 is 12.1 Å². The SMILES string of the molecule is CC1CN([C@@H]2CC[C@@](C(=O)N3COc4ccc(C(F)(F)F)cc4C3)(C(C)C)C2)CCC1c1cncc(C(=O)O)c1. The van der Waals surface area contributed by atoms with E-state index in [0.29, 0.717) is 23.7 Å². The minimum Gasteiger partial charge on any atom is -0.478 e.